The maximum absolute atomic E-state index is 5.57. The van der Waals surface area contributed by atoms with Crippen molar-refractivity contribution in [1.82, 2.24) is 10.6 Å². The molecule has 2 N–H and O–H groups in total. The van der Waals surface area contributed by atoms with Crippen molar-refractivity contribution in [3.8, 4) is 0 Å². The van der Waals surface area contributed by atoms with E-state index in [2.05, 4.69) is 52.7 Å². The number of aryl methyl sites for hydroxylation is 1. The summed E-state index contributed by atoms with van der Waals surface area (Å²) in [5.41, 5.74) is 4.09. The number of ether oxygens (including phenoxy) is 2. The SMILES string of the molecule is CCCCOCCOCCNC(=NC)NCc1ccc2c(c1)CCCN2C.I. The summed E-state index contributed by atoms with van der Waals surface area (Å²) in [6.07, 6.45) is 4.68. The highest BCUT2D eigenvalue weighted by molar-refractivity contribution is 14.0. The van der Waals surface area contributed by atoms with Gasteiger partial charge in [0.1, 0.15) is 0 Å². The normalized spacial score (nSPS) is 13.7. The molecule has 1 aromatic rings. The highest BCUT2D eigenvalue weighted by atomic mass is 127. The van der Waals surface area contributed by atoms with Crippen molar-refractivity contribution in [3.05, 3.63) is 29.3 Å². The first-order chi connectivity index (χ1) is 13.2. The molecular formula is C21H37IN4O2. The Hall–Kier alpha value is -1.06. The lowest BCUT2D eigenvalue weighted by molar-refractivity contribution is 0.0487. The number of hydrogen-bond donors (Lipinski definition) is 2. The molecule has 1 aliphatic rings. The van der Waals surface area contributed by atoms with Crippen molar-refractivity contribution in [3.63, 3.8) is 0 Å². The smallest absolute Gasteiger partial charge is 0.191 e. The van der Waals surface area contributed by atoms with Gasteiger partial charge in [0.2, 0.25) is 0 Å². The minimum atomic E-state index is 0. The Bertz CT molecular complexity index is 584. The number of nitrogens with one attached hydrogen (secondary N) is 2. The number of anilines is 1. The summed E-state index contributed by atoms with van der Waals surface area (Å²) < 4.78 is 11.0. The number of hydrogen-bond acceptors (Lipinski definition) is 4. The van der Waals surface area contributed by atoms with Crippen LogP contribution in [-0.2, 0) is 22.4 Å². The fourth-order valence-corrected chi connectivity index (χ4v) is 3.16. The molecule has 0 spiro atoms. The molecule has 0 unspecified atom stereocenters. The van der Waals surface area contributed by atoms with Gasteiger partial charge >= 0.3 is 0 Å². The minimum Gasteiger partial charge on any atom is -0.379 e. The van der Waals surface area contributed by atoms with Crippen LogP contribution in [0.3, 0.4) is 0 Å². The van der Waals surface area contributed by atoms with Gasteiger partial charge in [0, 0.05) is 46.0 Å². The van der Waals surface area contributed by atoms with Crippen LogP contribution < -0.4 is 15.5 Å². The van der Waals surface area contributed by atoms with Gasteiger partial charge in [-0.1, -0.05) is 25.5 Å². The Morgan fingerprint density at radius 1 is 1.14 bits per heavy atom. The molecule has 0 aromatic heterocycles. The summed E-state index contributed by atoms with van der Waals surface area (Å²) in [7, 11) is 3.96. The van der Waals surface area contributed by atoms with E-state index in [9.17, 15) is 0 Å². The summed E-state index contributed by atoms with van der Waals surface area (Å²) in [5, 5.41) is 6.66. The van der Waals surface area contributed by atoms with Crippen LogP contribution in [-0.4, -0.2) is 59.6 Å². The van der Waals surface area contributed by atoms with Crippen molar-refractivity contribution in [1.29, 1.82) is 0 Å². The van der Waals surface area contributed by atoms with Crippen LogP contribution >= 0.6 is 24.0 Å². The van der Waals surface area contributed by atoms with E-state index < -0.39 is 0 Å². The van der Waals surface area contributed by atoms with Crippen LogP contribution in [0.1, 0.15) is 37.3 Å². The summed E-state index contributed by atoms with van der Waals surface area (Å²) >= 11 is 0. The monoisotopic (exact) mass is 504 g/mol. The van der Waals surface area contributed by atoms with Crippen LogP contribution in [0, 0.1) is 0 Å². The van der Waals surface area contributed by atoms with Crippen LogP contribution in [0.4, 0.5) is 5.69 Å². The van der Waals surface area contributed by atoms with Gasteiger partial charge in [-0.3, -0.25) is 4.99 Å². The van der Waals surface area contributed by atoms with E-state index in [1.54, 1.807) is 7.05 Å². The molecule has 160 valence electrons. The first kappa shape index (κ1) is 25.0. The molecule has 0 amide bonds. The van der Waals surface area contributed by atoms with Crippen molar-refractivity contribution in [2.24, 2.45) is 4.99 Å². The molecule has 1 heterocycles. The number of benzene rings is 1. The molecule has 0 atom stereocenters. The second-order valence-corrected chi connectivity index (χ2v) is 6.92. The Kier molecular flexibility index (Phi) is 13.3. The Morgan fingerprint density at radius 2 is 1.93 bits per heavy atom. The van der Waals surface area contributed by atoms with Crippen LogP contribution in [0.25, 0.3) is 0 Å². The quantitative estimate of drug-likeness (QED) is 0.210. The van der Waals surface area contributed by atoms with Crippen molar-refractivity contribution >= 4 is 35.6 Å². The standard InChI is InChI=1S/C21H36N4O2.HI/c1-4-5-12-26-14-15-27-13-10-23-21(22-2)24-17-18-8-9-20-19(16-18)7-6-11-25(20)3;/h8-9,16H,4-7,10-15,17H2,1-3H3,(H2,22,23,24);1H. The van der Waals surface area contributed by atoms with Gasteiger partial charge < -0.3 is 25.0 Å². The maximum Gasteiger partial charge on any atom is 0.191 e. The average Bonchev–Trinajstić information content (AvgIpc) is 2.69. The lowest BCUT2D eigenvalue weighted by Gasteiger charge is -2.28. The number of guanidine groups is 1. The minimum absolute atomic E-state index is 0. The molecule has 28 heavy (non-hydrogen) atoms. The van der Waals surface area contributed by atoms with Gasteiger partial charge in [-0.15, -0.1) is 24.0 Å². The largest absolute Gasteiger partial charge is 0.379 e. The van der Waals surface area contributed by atoms with E-state index in [1.165, 1.54) is 36.1 Å². The van der Waals surface area contributed by atoms with Crippen LogP contribution in [0.15, 0.2) is 23.2 Å². The van der Waals surface area contributed by atoms with Gasteiger partial charge in [-0.25, -0.2) is 0 Å². The lowest BCUT2D eigenvalue weighted by atomic mass is 9.99. The molecule has 7 heteroatoms. The molecule has 0 bridgehead atoms. The number of aliphatic imine (C=N–C) groups is 1. The van der Waals surface area contributed by atoms with Crippen molar-refractivity contribution in [2.75, 3.05) is 58.5 Å². The van der Waals surface area contributed by atoms with E-state index in [0.717, 1.165) is 38.6 Å². The second-order valence-electron chi connectivity index (χ2n) is 6.92. The van der Waals surface area contributed by atoms with Gasteiger partial charge in [0.25, 0.3) is 0 Å². The molecule has 1 aliphatic heterocycles. The topological polar surface area (TPSA) is 58.1 Å². The van der Waals surface area contributed by atoms with Crippen molar-refractivity contribution < 1.29 is 9.47 Å². The van der Waals surface area contributed by atoms with Crippen LogP contribution in [0.5, 0.6) is 0 Å². The number of unbranched alkanes of at least 4 members (excludes halogenated alkanes) is 1. The molecular weight excluding hydrogens is 467 g/mol. The van der Waals surface area contributed by atoms with E-state index in [0.29, 0.717) is 19.8 Å². The van der Waals surface area contributed by atoms with Gasteiger partial charge in [-0.2, -0.15) is 0 Å². The zero-order valence-electron chi connectivity index (χ0n) is 17.6. The Balaban J connectivity index is 0.00000392. The van der Waals surface area contributed by atoms with Gasteiger partial charge in [-0.05, 0) is 36.5 Å². The summed E-state index contributed by atoms with van der Waals surface area (Å²) in [5.74, 6) is 0.799. The first-order valence-electron chi connectivity index (χ1n) is 10.2. The van der Waals surface area contributed by atoms with E-state index in [1.807, 2.05) is 0 Å². The first-order valence-corrected chi connectivity index (χ1v) is 10.2. The molecule has 0 fully saturated rings. The number of fused-ring (bicyclic) bond motifs is 1. The number of rotatable bonds is 11. The molecule has 2 rings (SSSR count). The van der Waals surface area contributed by atoms with E-state index in [4.69, 9.17) is 9.47 Å². The third-order valence-corrected chi connectivity index (χ3v) is 4.73. The zero-order chi connectivity index (χ0) is 19.3. The van der Waals surface area contributed by atoms with Crippen molar-refractivity contribution in [2.45, 2.75) is 39.2 Å². The summed E-state index contributed by atoms with van der Waals surface area (Å²) in [4.78, 5) is 6.61. The molecule has 6 nitrogen and oxygen atoms in total. The van der Waals surface area contributed by atoms with E-state index in [-0.39, 0.29) is 24.0 Å². The highest BCUT2D eigenvalue weighted by Crippen LogP contribution is 2.26. The summed E-state index contributed by atoms with van der Waals surface area (Å²) in [6.45, 7) is 7.58. The molecule has 1 aromatic carbocycles. The molecule has 0 saturated heterocycles. The number of nitrogens with zero attached hydrogens (tertiary/aromatic N) is 2. The van der Waals surface area contributed by atoms with Gasteiger partial charge in [0.15, 0.2) is 5.96 Å². The second kappa shape index (κ2) is 14.9. The highest BCUT2D eigenvalue weighted by Gasteiger charge is 2.13. The zero-order valence-corrected chi connectivity index (χ0v) is 20.0. The fraction of sp³-hybridized carbons (Fsp3) is 0.667. The fourth-order valence-electron chi connectivity index (χ4n) is 3.16. The third-order valence-electron chi connectivity index (χ3n) is 4.73. The molecule has 0 saturated carbocycles. The Labute approximate surface area is 187 Å². The predicted octanol–water partition coefficient (Wildman–Crippen LogP) is 3.19. The molecule has 0 aliphatic carbocycles. The predicted molar refractivity (Wildman–Crippen MR) is 128 cm³/mol. The molecule has 0 radical (unpaired) electrons. The Morgan fingerprint density at radius 3 is 2.68 bits per heavy atom. The number of halogens is 1. The average molecular weight is 504 g/mol. The maximum atomic E-state index is 5.57. The van der Waals surface area contributed by atoms with Crippen LogP contribution in [0.2, 0.25) is 0 Å². The van der Waals surface area contributed by atoms with Gasteiger partial charge in [0.05, 0.1) is 19.8 Å². The summed E-state index contributed by atoms with van der Waals surface area (Å²) in [6, 6.07) is 6.74. The third kappa shape index (κ3) is 8.96. The lowest BCUT2D eigenvalue weighted by Crippen LogP contribution is -2.38. The van der Waals surface area contributed by atoms with E-state index >= 15 is 0 Å².